The van der Waals surface area contributed by atoms with E-state index in [2.05, 4.69) is 45.0 Å². The normalized spacial score (nSPS) is 24.1. The summed E-state index contributed by atoms with van der Waals surface area (Å²) in [6.07, 6.45) is 3.46. The van der Waals surface area contributed by atoms with Crippen molar-refractivity contribution in [2.75, 3.05) is 0 Å². The third-order valence-electron chi connectivity index (χ3n) is 4.21. The summed E-state index contributed by atoms with van der Waals surface area (Å²) < 4.78 is 0. The molecular weight excluding hydrogens is 248 g/mol. The lowest BCUT2D eigenvalue weighted by Crippen LogP contribution is -2.45. The van der Waals surface area contributed by atoms with Gasteiger partial charge in [-0.25, -0.2) is 0 Å². The Kier molecular flexibility index (Phi) is 4.81. The number of hydrogen-bond donors (Lipinski definition) is 1. The monoisotopic (exact) mass is 274 g/mol. The topological polar surface area (TPSA) is 46.3 Å². The van der Waals surface area contributed by atoms with Gasteiger partial charge < -0.3 is 10.6 Å². The fourth-order valence-electron chi connectivity index (χ4n) is 3.10. The molecule has 3 heteroatoms. The van der Waals surface area contributed by atoms with Crippen LogP contribution in [-0.2, 0) is 11.2 Å². The minimum atomic E-state index is 0.0101. The molecule has 1 aromatic carbocycles. The molecule has 1 amide bonds. The van der Waals surface area contributed by atoms with E-state index < -0.39 is 0 Å². The number of carbonyl (C=O) groups is 1. The molecule has 2 rings (SSSR count). The van der Waals surface area contributed by atoms with Crippen LogP contribution in [0.3, 0.4) is 0 Å². The number of amides is 1. The molecular formula is C17H26N2O. The van der Waals surface area contributed by atoms with Gasteiger partial charge in [0.15, 0.2) is 0 Å². The first-order chi connectivity index (χ1) is 9.54. The van der Waals surface area contributed by atoms with Gasteiger partial charge in [0.2, 0.25) is 5.91 Å². The van der Waals surface area contributed by atoms with Crippen LogP contribution in [0, 0.1) is 0 Å². The summed E-state index contributed by atoms with van der Waals surface area (Å²) in [5.41, 5.74) is 8.86. The number of benzene rings is 1. The number of likely N-dealkylation sites (tertiary alicyclic amines) is 1. The van der Waals surface area contributed by atoms with Crippen LogP contribution >= 0.6 is 0 Å². The Hall–Kier alpha value is -1.35. The average Bonchev–Trinajstić information content (AvgIpc) is 2.58. The van der Waals surface area contributed by atoms with E-state index in [1.54, 1.807) is 0 Å². The van der Waals surface area contributed by atoms with E-state index in [0.717, 1.165) is 19.3 Å². The van der Waals surface area contributed by atoms with Crippen molar-refractivity contribution in [1.29, 1.82) is 0 Å². The molecule has 1 heterocycles. The van der Waals surface area contributed by atoms with Crippen LogP contribution in [0.5, 0.6) is 0 Å². The fourth-order valence-corrected chi connectivity index (χ4v) is 3.10. The number of rotatable bonds is 3. The van der Waals surface area contributed by atoms with Gasteiger partial charge in [-0.15, -0.1) is 0 Å². The lowest BCUT2D eigenvalue weighted by Gasteiger charge is -2.37. The zero-order valence-corrected chi connectivity index (χ0v) is 12.8. The zero-order valence-electron chi connectivity index (χ0n) is 12.8. The number of nitrogens with two attached hydrogens (primary N) is 1. The summed E-state index contributed by atoms with van der Waals surface area (Å²) in [7, 11) is 0. The van der Waals surface area contributed by atoms with E-state index in [0.29, 0.717) is 6.42 Å². The van der Waals surface area contributed by atoms with Gasteiger partial charge in [0.25, 0.3) is 0 Å². The van der Waals surface area contributed by atoms with Crippen LogP contribution in [0.2, 0.25) is 0 Å². The predicted molar refractivity (Wildman–Crippen MR) is 82.4 cm³/mol. The van der Waals surface area contributed by atoms with Crippen LogP contribution < -0.4 is 5.73 Å². The van der Waals surface area contributed by atoms with Crippen molar-refractivity contribution in [2.45, 2.75) is 64.6 Å². The summed E-state index contributed by atoms with van der Waals surface area (Å²) in [5, 5.41) is 0. The second-order valence-electron chi connectivity index (χ2n) is 5.99. The van der Waals surface area contributed by atoms with E-state index in [-0.39, 0.29) is 24.0 Å². The van der Waals surface area contributed by atoms with Crippen LogP contribution in [0.4, 0.5) is 0 Å². The lowest BCUT2D eigenvalue weighted by atomic mass is 9.94. The molecule has 1 aliphatic rings. The molecule has 1 aliphatic heterocycles. The maximum Gasteiger partial charge on any atom is 0.223 e. The van der Waals surface area contributed by atoms with E-state index in [1.165, 1.54) is 11.1 Å². The van der Waals surface area contributed by atoms with Crippen LogP contribution in [-0.4, -0.2) is 22.9 Å². The smallest absolute Gasteiger partial charge is 0.223 e. The molecule has 0 aromatic heterocycles. The molecule has 1 aromatic rings. The maximum atomic E-state index is 12.4. The zero-order chi connectivity index (χ0) is 14.7. The van der Waals surface area contributed by atoms with Gasteiger partial charge in [-0.3, -0.25) is 4.79 Å². The van der Waals surface area contributed by atoms with Crippen molar-refractivity contribution in [1.82, 2.24) is 4.90 Å². The van der Waals surface area contributed by atoms with Crippen LogP contribution in [0.15, 0.2) is 24.3 Å². The Labute approximate surface area is 122 Å². The van der Waals surface area contributed by atoms with Gasteiger partial charge in [-0.2, -0.15) is 0 Å². The van der Waals surface area contributed by atoms with E-state index in [9.17, 15) is 4.79 Å². The number of aryl methyl sites for hydroxylation is 1. The molecule has 0 saturated carbocycles. The quantitative estimate of drug-likeness (QED) is 0.921. The summed E-state index contributed by atoms with van der Waals surface area (Å²) in [4.78, 5) is 14.4. The summed E-state index contributed by atoms with van der Waals surface area (Å²) >= 11 is 0. The van der Waals surface area contributed by atoms with Gasteiger partial charge in [0.1, 0.15) is 0 Å². The Morgan fingerprint density at radius 2 is 1.95 bits per heavy atom. The molecule has 1 saturated heterocycles. The standard InChI is InChI=1S/C17H26N2O/c1-4-13-8-10-14(11-9-13)17-15(18)6-5-7-16(20)19(17)12(2)3/h8-12,15,17H,4-7,18H2,1-3H3. The molecule has 2 N–H and O–H groups in total. The molecule has 2 atom stereocenters. The molecule has 110 valence electrons. The largest absolute Gasteiger partial charge is 0.332 e. The van der Waals surface area contributed by atoms with Crippen molar-refractivity contribution in [3.63, 3.8) is 0 Å². The van der Waals surface area contributed by atoms with Crippen LogP contribution in [0.1, 0.15) is 57.2 Å². The highest BCUT2D eigenvalue weighted by Gasteiger charge is 2.34. The second-order valence-corrected chi connectivity index (χ2v) is 5.99. The highest BCUT2D eigenvalue weighted by Crippen LogP contribution is 2.31. The predicted octanol–water partition coefficient (Wildman–Crippen LogP) is 3.04. The maximum absolute atomic E-state index is 12.4. The minimum Gasteiger partial charge on any atom is -0.332 e. The summed E-state index contributed by atoms with van der Waals surface area (Å²) in [5.74, 6) is 0.234. The third kappa shape index (κ3) is 3.04. The van der Waals surface area contributed by atoms with Crippen molar-refractivity contribution in [3.05, 3.63) is 35.4 Å². The highest BCUT2D eigenvalue weighted by molar-refractivity contribution is 5.77. The average molecular weight is 274 g/mol. The first-order valence-electron chi connectivity index (χ1n) is 7.70. The van der Waals surface area contributed by atoms with E-state index >= 15 is 0 Å². The number of carbonyl (C=O) groups excluding carboxylic acids is 1. The van der Waals surface area contributed by atoms with Gasteiger partial charge in [-0.1, -0.05) is 31.2 Å². The Morgan fingerprint density at radius 3 is 2.50 bits per heavy atom. The van der Waals surface area contributed by atoms with Crippen molar-refractivity contribution >= 4 is 5.91 Å². The molecule has 2 unspecified atom stereocenters. The molecule has 0 radical (unpaired) electrons. The summed E-state index contributed by atoms with van der Waals surface area (Å²) in [6.45, 7) is 6.29. The van der Waals surface area contributed by atoms with Crippen molar-refractivity contribution in [2.24, 2.45) is 5.73 Å². The van der Waals surface area contributed by atoms with Gasteiger partial charge in [-0.05, 0) is 44.2 Å². The van der Waals surface area contributed by atoms with Gasteiger partial charge >= 0.3 is 0 Å². The molecule has 3 nitrogen and oxygen atoms in total. The van der Waals surface area contributed by atoms with Crippen molar-refractivity contribution in [3.8, 4) is 0 Å². The Balaban J connectivity index is 2.37. The molecule has 1 fully saturated rings. The third-order valence-corrected chi connectivity index (χ3v) is 4.21. The Bertz CT molecular complexity index is 453. The first kappa shape index (κ1) is 15.0. The number of hydrogen-bond acceptors (Lipinski definition) is 2. The molecule has 0 bridgehead atoms. The van der Waals surface area contributed by atoms with Crippen molar-refractivity contribution < 1.29 is 4.79 Å². The summed E-state index contributed by atoms with van der Waals surface area (Å²) in [6, 6.07) is 8.79. The second kappa shape index (κ2) is 6.40. The minimum absolute atomic E-state index is 0.0101. The van der Waals surface area contributed by atoms with Gasteiger partial charge in [0.05, 0.1) is 6.04 Å². The van der Waals surface area contributed by atoms with Crippen LogP contribution in [0.25, 0.3) is 0 Å². The van der Waals surface area contributed by atoms with E-state index in [1.807, 2.05) is 4.90 Å². The highest BCUT2D eigenvalue weighted by atomic mass is 16.2. The molecule has 0 spiro atoms. The lowest BCUT2D eigenvalue weighted by molar-refractivity contribution is -0.135. The Morgan fingerprint density at radius 1 is 1.30 bits per heavy atom. The first-order valence-corrected chi connectivity index (χ1v) is 7.70. The SMILES string of the molecule is CCc1ccc(C2C(N)CCCC(=O)N2C(C)C)cc1. The molecule has 0 aliphatic carbocycles. The van der Waals surface area contributed by atoms with E-state index in [4.69, 9.17) is 5.73 Å². The van der Waals surface area contributed by atoms with Gasteiger partial charge in [0, 0.05) is 18.5 Å². The number of nitrogens with zero attached hydrogens (tertiary/aromatic N) is 1. The fraction of sp³-hybridized carbons (Fsp3) is 0.588. The molecule has 20 heavy (non-hydrogen) atoms.